The van der Waals surface area contributed by atoms with Gasteiger partial charge in [0.15, 0.2) is 5.84 Å². The largest absolute Gasteiger partial charge is 0.409 e. The summed E-state index contributed by atoms with van der Waals surface area (Å²) in [6, 6.07) is 5.36. The summed E-state index contributed by atoms with van der Waals surface area (Å²) in [5.41, 5.74) is 5.99. The number of oxime groups is 1. The van der Waals surface area contributed by atoms with Crippen LogP contribution in [0.5, 0.6) is 0 Å². The van der Waals surface area contributed by atoms with Crippen molar-refractivity contribution < 1.29 is 10.0 Å². The molecule has 18 heavy (non-hydrogen) atoms. The second-order valence-electron chi connectivity index (χ2n) is 4.48. The summed E-state index contributed by atoms with van der Waals surface area (Å²) in [5, 5.41) is 14.3. The SMILES string of the molecule is Cc1c(Br)cccc1C(=O)NC(C)(C)C(N)=NO. The molecule has 0 saturated carbocycles. The Morgan fingerprint density at radius 2 is 2.11 bits per heavy atom. The quantitative estimate of drug-likeness (QED) is 0.345. The Morgan fingerprint density at radius 1 is 1.50 bits per heavy atom. The van der Waals surface area contributed by atoms with Gasteiger partial charge in [-0.25, -0.2) is 0 Å². The van der Waals surface area contributed by atoms with E-state index in [2.05, 4.69) is 26.4 Å². The number of carbonyl (C=O) groups is 1. The Bertz CT molecular complexity index is 498. The average molecular weight is 314 g/mol. The highest BCUT2D eigenvalue weighted by Gasteiger charge is 2.26. The fraction of sp³-hybridized carbons (Fsp3) is 0.333. The number of amidine groups is 1. The maximum atomic E-state index is 12.1. The van der Waals surface area contributed by atoms with E-state index in [1.807, 2.05) is 13.0 Å². The van der Waals surface area contributed by atoms with Gasteiger partial charge in [0.1, 0.15) is 0 Å². The van der Waals surface area contributed by atoms with Crippen LogP contribution in [0.1, 0.15) is 29.8 Å². The van der Waals surface area contributed by atoms with Crippen LogP contribution in [0.25, 0.3) is 0 Å². The third kappa shape index (κ3) is 3.01. The molecular formula is C12H16BrN3O2. The molecular weight excluding hydrogens is 298 g/mol. The highest BCUT2D eigenvalue weighted by atomic mass is 79.9. The van der Waals surface area contributed by atoms with Gasteiger partial charge in [0.05, 0.1) is 5.54 Å². The smallest absolute Gasteiger partial charge is 0.252 e. The minimum Gasteiger partial charge on any atom is -0.409 e. The zero-order valence-corrected chi connectivity index (χ0v) is 12.1. The molecule has 0 unspecified atom stereocenters. The average Bonchev–Trinajstić information content (AvgIpc) is 2.30. The number of hydrogen-bond donors (Lipinski definition) is 3. The van der Waals surface area contributed by atoms with Crippen molar-refractivity contribution in [2.24, 2.45) is 10.9 Å². The first-order valence-electron chi connectivity index (χ1n) is 5.35. The zero-order valence-electron chi connectivity index (χ0n) is 10.5. The van der Waals surface area contributed by atoms with Crippen LogP contribution in [0.3, 0.4) is 0 Å². The van der Waals surface area contributed by atoms with Crippen LogP contribution >= 0.6 is 15.9 Å². The Hall–Kier alpha value is -1.56. The van der Waals surface area contributed by atoms with E-state index in [0.717, 1.165) is 10.0 Å². The maximum Gasteiger partial charge on any atom is 0.252 e. The van der Waals surface area contributed by atoms with Gasteiger partial charge in [-0.05, 0) is 38.5 Å². The van der Waals surface area contributed by atoms with Gasteiger partial charge in [-0.15, -0.1) is 0 Å². The van der Waals surface area contributed by atoms with Gasteiger partial charge in [0, 0.05) is 10.0 Å². The number of nitrogens with one attached hydrogen (secondary N) is 1. The molecule has 1 amide bonds. The van der Waals surface area contributed by atoms with E-state index in [0.29, 0.717) is 5.56 Å². The van der Waals surface area contributed by atoms with Crippen LogP contribution in [-0.2, 0) is 0 Å². The van der Waals surface area contributed by atoms with Crippen LogP contribution in [0, 0.1) is 6.92 Å². The number of amides is 1. The van der Waals surface area contributed by atoms with E-state index >= 15 is 0 Å². The molecule has 0 aliphatic rings. The summed E-state index contributed by atoms with van der Waals surface area (Å²) >= 11 is 3.37. The highest BCUT2D eigenvalue weighted by molar-refractivity contribution is 9.10. The molecule has 6 heteroatoms. The fourth-order valence-electron chi connectivity index (χ4n) is 1.39. The van der Waals surface area contributed by atoms with Crippen molar-refractivity contribution in [1.29, 1.82) is 0 Å². The molecule has 5 nitrogen and oxygen atoms in total. The molecule has 0 bridgehead atoms. The summed E-state index contributed by atoms with van der Waals surface area (Å²) in [6.45, 7) is 5.16. The molecule has 0 fully saturated rings. The Labute approximate surface area is 114 Å². The molecule has 0 aromatic heterocycles. The molecule has 1 aromatic rings. The Balaban J connectivity index is 3.00. The summed E-state index contributed by atoms with van der Waals surface area (Å²) < 4.78 is 0.858. The standard InChI is InChI=1S/C12H16BrN3O2/c1-7-8(5-4-6-9(7)13)10(17)15-12(2,3)11(14)16-18/h4-6,18H,1-3H3,(H2,14,16)(H,15,17). The van der Waals surface area contributed by atoms with E-state index in [9.17, 15) is 4.79 Å². The van der Waals surface area contributed by atoms with Crippen molar-refractivity contribution in [3.8, 4) is 0 Å². The van der Waals surface area contributed by atoms with Crippen LogP contribution in [0.15, 0.2) is 27.8 Å². The topological polar surface area (TPSA) is 87.7 Å². The summed E-state index contributed by atoms with van der Waals surface area (Å²) in [4.78, 5) is 12.1. The monoisotopic (exact) mass is 313 g/mol. The number of nitrogens with zero attached hydrogens (tertiary/aromatic N) is 1. The van der Waals surface area contributed by atoms with E-state index in [-0.39, 0.29) is 11.7 Å². The van der Waals surface area contributed by atoms with E-state index < -0.39 is 5.54 Å². The molecule has 4 N–H and O–H groups in total. The predicted molar refractivity (Wildman–Crippen MR) is 73.8 cm³/mol. The first-order valence-corrected chi connectivity index (χ1v) is 6.14. The van der Waals surface area contributed by atoms with Gasteiger partial charge < -0.3 is 16.3 Å². The normalized spacial score (nSPS) is 12.3. The van der Waals surface area contributed by atoms with E-state index in [1.165, 1.54) is 0 Å². The van der Waals surface area contributed by atoms with Crippen molar-refractivity contribution in [3.05, 3.63) is 33.8 Å². The minimum atomic E-state index is -0.916. The van der Waals surface area contributed by atoms with Crippen LogP contribution < -0.4 is 11.1 Å². The molecule has 1 aromatic carbocycles. The fourth-order valence-corrected chi connectivity index (χ4v) is 1.76. The maximum absolute atomic E-state index is 12.1. The molecule has 98 valence electrons. The van der Waals surface area contributed by atoms with Crippen molar-refractivity contribution in [1.82, 2.24) is 5.32 Å². The molecule has 0 atom stereocenters. The van der Waals surface area contributed by atoms with Gasteiger partial charge in [-0.3, -0.25) is 4.79 Å². The van der Waals surface area contributed by atoms with Crippen molar-refractivity contribution >= 4 is 27.7 Å². The lowest BCUT2D eigenvalue weighted by atomic mass is 10.0. The van der Waals surface area contributed by atoms with Crippen molar-refractivity contribution in [2.45, 2.75) is 26.3 Å². The van der Waals surface area contributed by atoms with Gasteiger partial charge in [-0.1, -0.05) is 27.2 Å². The summed E-state index contributed by atoms with van der Waals surface area (Å²) in [7, 11) is 0. The van der Waals surface area contributed by atoms with Gasteiger partial charge >= 0.3 is 0 Å². The first-order chi connectivity index (χ1) is 8.29. The van der Waals surface area contributed by atoms with E-state index in [1.54, 1.807) is 26.0 Å². The number of benzene rings is 1. The van der Waals surface area contributed by atoms with Gasteiger partial charge in [-0.2, -0.15) is 0 Å². The number of carbonyl (C=O) groups excluding carboxylic acids is 1. The predicted octanol–water partition coefficient (Wildman–Crippen LogP) is 2.01. The highest BCUT2D eigenvalue weighted by Crippen LogP contribution is 2.20. The third-order valence-corrected chi connectivity index (χ3v) is 3.55. The number of nitrogens with two attached hydrogens (primary N) is 1. The van der Waals surface area contributed by atoms with Crippen LogP contribution in [-0.4, -0.2) is 22.5 Å². The molecule has 0 radical (unpaired) electrons. The van der Waals surface area contributed by atoms with Crippen LogP contribution in [0.2, 0.25) is 0 Å². The molecule has 0 aliphatic heterocycles. The summed E-state index contributed by atoms with van der Waals surface area (Å²) in [6.07, 6.45) is 0. The molecule has 0 aliphatic carbocycles. The summed E-state index contributed by atoms with van der Waals surface area (Å²) in [5.74, 6) is -0.325. The van der Waals surface area contributed by atoms with Crippen LogP contribution in [0.4, 0.5) is 0 Å². The number of hydrogen-bond acceptors (Lipinski definition) is 3. The van der Waals surface area contributed by atoms with E-state index in [4.69, 9.17) is 10.9 Å². The molecule has 0 spiro atoms. The molecule has 0 saturated heterocycles. The Morgan fingerprint density at radius 3 is 2.67 bits per heavy atom. The Kier molecular flexibility index (Phi) is 4.34. The first kappa shape index (κ1) is 14.5. The number of rotatable bonds is 3. The lowest BCUT2D eigenvalue weighted by molar-refractivity contribution is 0.0930. The van der Waals surface area contributed by atoms with Crippen molar-refractivity contribution in [3.63, 3.8) is 0 Å². The second-order valence-corrected chi connectivity index (χ2v) is 5.33. The molecule has 1 rings (SSSR count). The van der Waals surface area contributed by atoms with Gasteiger partial charge in [0.2, 0.25) is 0 Å². The lowest BCUT2D eigenvalue weighted by Gasteiger charge is -2.25. The third-order valence-electron chi connectivity index (χ3n) is 2.69. The van der Waals surface area contributed by atoms with Gasteiger partial charge in [0.25, 0.3) is 5.91 Å². The molecule has 0 heterocycles. The van der Waals surface area contributed by atoms with Crippen molar-refractivity contribution in [2.75, 3.05) is 0 Å². The minimum absolute atomic E-state index is 0.0523. The zero-order chi connectivity index (χ0) is 13.9. The second kappa shape index (κ2) is 5.39. The number of halogens is 1. The lowest BCUT2D eigenvalue weighted by Crippen LogP contribution is -2.53.